The average Bonchev–Trinajstić information content (AvgIpc) is 3.18. The standard InChI is InChI=1S/C32H42O5/c1-29(2)19-36-32(37-20-29)15-13-26-28-23(12-14-31(26,35)18-32)25-10-11-27(34)30(25,3)17-24(28)22-8-6-21(7-9-22)5-4-16-33/h6-9,23-25,27,33-35H,10-20H2,1-3H3/t23?,24-,25?,27?,30+,31-/m1/s1. The average molecular weight is 507 g/mol. The van der Waals surface area contributed by atoms with Gasteiger partial charge in [-0.3, -0.25) is 0 Å². The minimum Gasteiger partial charge on any atom is -0.393 e. The second kappa shape index (κ2) is 8.93. The molecular formula is C32H42O5. The first-order valence-corrected chi connectivity index (χ1v) is 14.2. The lowest BCUT2D eigenvalue weighted by atomic mass is 9.51. The Morgan fingerprint density at radius 3 is 2.43 bits per heavy atom. The van der Waals surface area contributed by atoms with Crippen molar-refractivity contribution < 1.29 is 24.8 Å². The normalized spacial score (nSPS) is 39.8. The summed E-state index contributed by atoms with van der Waals surface area (Å²) in [4.78, 5) is 0. The molecule has 3 saturated carbocycles. The van der Waals surface area contributed by atoms with E-state index >= 15 is 0 Å². The summed E-state index contributed by atoms with van der Waals surface area (Å²) in [5.74, 6) is 6.07. The lowest BCUT2D eigenvalue weighted by molar-refractivity contribution is -0.322. The molecule has 0 bridgehead atoms. The Labute approximate surface area is 221 Å². The molecule has 1 aromatic rings. The van der Waals surface area contributed by atoms with Gasteiger partial charge in [-0.2, -0.15) is 0 Å². The third-order valence-electron chi connectivity index (χ3n) is 10.4. The minimum absolute atomic E-state index is 0.000217. The van der Waals surface area contributed by atoms with Gasteiger partial charge in [0.05, 0.1) is 24.9 Å². The molecule has 37 heavy (non-hydrogen) atoms. The number of rotatable bonds is 1. The van der Waals surface area contributed by atoms with Gasteiger partial charge in [-0.25, -0.2) is 0 Å². The summed E-state index contributed by atoms with van der Waals surface area (Å²) in [6.07, 6.45) is 6.32. The molecule has 1 aromatic carbocycles. The van der Waals surface area contributed by atoms with Crippen LogP contribution in [0.15, 0.2) is 35.4 Å². The van der Waals surface area contributed by atoms with Gasteiger partial charge in [0.1, 0.15) is 6.61 Å². The van der Waals surface area contributed by atoms with Crippen LogP contribution in [0.4, 0.5) is 0 Å². The van der Waals surface area contributed by atoms with E-state index in [0.717, 1.165) is 50.5 Å². The number of aliphatic hydroxyl groups is 3. The summed E-state index contributed by atoms with van der Waals surface area (Å²) in [5, 5.41) is 32.4. The summed E-state index contributed by atoms with van der Waals surface area (Å²) in [7, 11) is 0. The van der Waals surface area contributed by atoms with E-state index in [1.165, 1.54) is 16.7 Å². The van der Waals surface area contributed by atoms with Gasteiger partial charge in [0.2, 0.25) is 0 Å². The molecule has 0 amide bonds. The molecule has 4 aliphatic carbocycles. The van der Waals surface area contributed by atoms with E-state index in [1.807, 2.05) is 12.1 Å². The quantitative estimate of drug-likeness (QED) is 0.381. The van der Waals surface area contributed by atoms with Crippen molar-refractivity contribution >= 4 is 0 Å². The molecule has 5 heteroatoms. The van der Waals surface area contributed by atoms with E-state index in [0.29, 0.717) is 31.5 Å². The zero-order valence-electron chi connectivity index (χ0n) is 22.6. The molecule has 0 radical (unpaired) electrons. The fourth-order valence-electron chi connectivity index (χ4n) is 8.46. The zero-order chi connectivity index (χ0) is 26.1. The second-order valence-electron chi connectivity index (χ2n) is 13.5. The lowest BCUT2D eigenvalue weighted by Gasteiger charge is -2.57. The Bertz CT molecular complexity index is 1130. The third-order valence-corrected chi connectivity index (χ3v) is 10.4. The minimum atomic E-state index is -0.901. The van der Waals surface area contributed by atoms with Gasteiger partial charge >= 0.3 is 0 Å². The van der Waals surface area contributed by atoms with Crippen molar-refractivity contribution in [3.05, 3.63) is 46.5 Å². The summed E-state index contributed by atoms with van der Waals surface area (Å²) < 4.78 is 12.7. The Morgan fingerprint density at radius 1 is 1.00 bits per heavy atom. The van der Waals surface area contributed by atoms with Crippen LogP contribution in [-0.2, 0) is 9.47 Å². The van der Waals surface area contributed by atoms with Crippen molar-refractivity contribution in [2.75, 3.05) is 19.8 Å². The van der Waals surface area contributed by atoms with E-state index in [-0.39, 0.29) is 29.5 Å². The molecule has 5 aliphatic rings. The largest absolute Gasteiger partial charge is 0.393 e. The zero-order valence-corrected chi connectivity index (χ0v) is 22.6. The van der Waals surface area contributed by atoms with Crippen LogP contribution >= 0.6 is 0 Å². The maximum atomic E-state index is 12.2. The summed E-state index contributed by atoms with van der Waals surface area (Å²) in [6.45, 7) is 7.79. The number of aliphatic hydroxyl groups excluding tert-OH is 2. The lowest BCUT2D eigenvalue weighted by Crippen LogP contribution is -2.57. The molecular weight excluding hydrogens is 464 g/mol. The topological polar surface area (TPSA) is 79.2 Å². The molecule has 1 aliphatic heterocycles. The molecule has 200 valence electrons. The molecule has 1 heterocycles. The predicted molar refractivity (Wildman–Crippen MR) is 142 cm³/mol. The van der Waals surface area contributed by atoms with E-state index in [1.54, 1.807) is 0 Å². The number of hydrogen-bond donors (Lipinski definition) is 3. The summed E-state index contributed by atoms with van der Waals surface area (Å²) in [6, 6.07) is 8.40. The summed E-state index contributed by atoms with van der Waals surface area (Å²) in [5.41, 5.74) is 3.77. The van der Waals surface area contributed by atoms with Crippen molar-refractivity contribution in [3.63, 3.8) is 0 Å². The SMILES string of the molecule is CC1(C)COC2(CCC3=C4C(CC[C@@]3(O)C2)C2CCC(O)[C@@]2(C)C[C@@H]4c2ccc(C#CCO)cc2)OC1. The van der Waals surface area contributed by atoms with Crippen LogP contribution in [0.25, 0.3) is 0 Å². The van der Waals surface area contributed by atoms with Crippen LogP contribution in [0.3, 0.4) is 0 Å². The van der Waals surface area contributed by atoms with Crippen LogP contribution in [0, 0.1) is 34.5 Å². The third kappa shape index (κ3) is 4.21. The van der Waals surface area contributed by atoms with Gasteiger partial charge in [-0.15, -0.1) is 0 Å². The van der Waals surface area contributed by atoms with Gasteiger partial charge in [0.15, 0.2) is 5.79 Å². The van der Waals surface area contributed by atoms with E-state index < -0.39 is 11.4 Å². The Kier molecular flexibility index (Phi) is 6.18. The molecule has 0 aromatic heterocycles. The Morgan fingerprint density at radius 2 is 1.73 bits per heavy atom. The van der Waals surface area contributed by atoms with Crippen molar-refractivity contribution in [2.45, 2.75) is 95.5 Å². The number of ether oxygens (including phenoxy) is 2. The van der Waals surface area contributed by atoms with E-state index in [4.69, 9.17) is 14.6 Å². The maximum absolute atomic E-state index is 12.2. The molecule has 5 nitrogen and oxygen atoms in total. The number of allylic oxidation sites excluding steroid dienone is 1. The smallest absolute Gasteiger partial charge is 0.171 e. The number of fused-ring (bicyclic) bond motifs is 4. The van der Waals surface area contributed by atoms with Crippen molar-refractivity contribution in [2.24, 2.45) is 22.7 Å². The second-order valence-corrected chi connectivity index (χ2v) is 13.5. The van der Waals surface area contributed by atoms with Crippen LogP contribution in [0.5, 0.6) is 0 Å². The van der Waals surface area contributed by atoms with Crippen molar-refractivity contribution in [1.29, 1.82) is 0 Å². The van der Waals surface area contributed by atoms with Gasteiger partial charge in [0, 0.05) is 29.7 Å². The van der Waals surface area contributed by atoms with Crippen molar-refractivity contribution in [1.82, 2.24) is 0 Å². The first kappa shape index (κ1) is 25.6. The highest BCUT2D eigenvalue weighted by Gasteiger charge is 2.60. The molecule has 1 saturated heterocycles. The van der Waals surface area contributed by atoms with Crippen LogP contribution in [0.2, 0.25) is 0 Å². The highest BCUT2D eigenvalue weighted by Crippen LogP contribution is 2.65. The molecule has 1 spiro atoms. The molecule has 3 unspecified atom stereocenters. The number of hydrogen-bond acceptors (Lipinski definition) is 5. The Hall–Kier alpha value is -1.68. The van der Waals surface area contributed by atoms with Gasteiger partial charge in [0.25, 0.3) is 0 Å². The molecule has 4 fully saturated rings. The molecule has 6 rings (SSSR count). The maximum Gasteiger partial charge on any atom is 0.171 e. The van der Waals surface area contributed by atoms with E-state index in [2.05, 4.69) is 44.7 Å². The number of benzene rings is 1. The van der Waals surface area contributed by atoms with E-state index in [9.17, 15) is 10.2 Å². The molecule has 6 atom stereocenters. The fourth-order valence-corrected chi connectivity index (χ4v) is 8.46. The fraction of sp³-hybridized carbons (Fsp3) is 0.688. The summed E-state index contributed by atoms with van der Waals surface area (Å²) >= 11 is 0. The van der Waals surface area contributed by atoms with Gasteiger partial charge < -0.3 is 24.8 Å². The van der Waals surface area contributed by atoms with Gasteiger partial charge in [-0.05, 0) is 79.0 Å². The van der Waals surface area contributed by atoms with Crippen molar-refractivity contribution in [3.8, 4) is 11.8 Å². The monoisotopic (exact) mass is 506 g/mol. The van der Waals surface area contributed by atoms with Crippen LogP contribution in [-0.4, -0.2) is 52.6 Å². The Balaban J connectivity index is 1.40. The van der Waals surface area contributed by atoms with Gasteiger partial charge in [-0.1, -0.05) is 50.3 Å². The highest BCUT2D eigenvalue weighted by molar-refractivity contribution is 5.45. The van der Waals surface area contributed by atoms with Crippen LogP contribution < -0.4 is 0 Å². The molecule has 3 N–H and O–H groups in total. The first-order chi connectivity index (χ1) is 17.6. The van der Waals surface area contributed by atoms with Crippen LogP contribution in [0.1, 0.15) is 89.2 Å². The predicted octanol–water partition coefficient (Wildman–Crippen LogP) is 4.69. The first-order valence-electron chi connectivity index (χ1n) is 14.2. The highest BCUT2D eigenvalue weighted by atomic mass is 16.7.